The second-order valence-corrected chi connectivity index (χ2v) is 6.80. The zero-order chi connectivity index (χ0) is 17.4. The van der Waals surface area contributed by atoms with Crippen molar-refractivity contribution in [2.45, 2.75) is 40.4 Å². The van der Waals surface area contributed by atoms with E-state index in [0.29, 0.717) is 5.03 Å². The van der Waals surface area contributed by atoms with E-state index < -0.39 is 17.7 Å². The molecule has 2 rings (SSSR count). The number of carbonyl (C=O) groups is 2. The van der Waals surface area contributed by atoms with Crippen molar-refractivity contribution in [1.29, 1.82) is 0 Å². The fourth-order valence-electron chi connectivity index (χ4n) is 2.54. The predicted molar refractivity (Wildman–Crippen MR) is 91.1 cm³/mol. The number of anilines is 1. The molecule has 1 heterocycles. The molecule has 23 heavy (non-hydrogen) atoms. The van der Waals surface area contributed by atoms with Crippen LogP contribution in [0, 0.1) is 20.8 Å². The summed E-state index contributed by atoms with van der Waals surface area (Å²) in [5, 5.41) is 3.61. The first-order valence-electron chi connectivity index (χ1n) is 7.24. The maximum Gasteiger partial charge on any atom is 0.351 e. The van der Waals surface area contributed by atoms with Gasteiger partial charge in [0, 0.05) is 19.5 Å². The van der Waals surface area contributed by atoms with Crippen molar-refractivity contribution in [2.75, 3.05) is 11.6 Å². The number of hydrogen-bond acceptors (Lipinski definition) is 6. The second-order valence-electron chi connectivity index (χ2n) is 5.99. The van der Waals surface area contributed by atoms with Crippen LogP contribution >= 0.6 is 11.8 Å². The number of benzene rings is 1. The van der Waals surface area contributed by atoms with Gasteiger partial charge in [0.05, 0.1) is 5.03 Å². The zero-order valence-electron chi connectivity index (χ0n) is 14.2. The van der Waals surface area contributed by atoms with Crippen molar-refractivity contribution < 1.29 is 19.1 Å². The molecule has 0 aliphatic carbocycles. The topological polar surface area (TPSA) is 64.6 Å². The number of nitrogens with one attached hydrogen (secondary N) is 1. The smallest absolute Gasteiger partial charge is 0.351 e. The SMILES string of the molecule is CSC(Nc1c(C)cc(C)cc1C)=C1C(=O)OC(C)(C)OC1=O. The van der Waals surface area contributed by atoms with Crippen LogP contribution in [-0.2, 0) is 19.1 Å². The van der Waals surface area contributed by atoms with E-state index in [-0.39, 0.29) is 5.57 Å². The predicted octanol–water partition coefficient (Wildman–Crippen LogP) is 3.43. The minimum absolute atomic E-state index is 0.101. The lowest BCUT2D eigenvalue weighted by Gasteiger charge is -2.30. The van der Waals surface area contributed by atoms with Gasteiger partial charge < -0.3 is 14.8 Å². The molecule has 0 unspecified atom stereocenters. The molecule has 1 aromatic rings. The Labute approximate surface area is 140 Å². The molecule has 0 spiro atoms. The van der Waals surface area contributed by atoms with Crippen LogP contribution in [-0.4, -0.2) is 24.0 Å². The number of cyclic esters (lactones) is 2. The molecule has 5 nitrogen and oxygen atoms in total. The quantitative estimate of drug-likeness (QED) is 0.519. The van der Waals surface area contributed by atoms with Crippen molar-refractivity contribution in [3.8, 4) is 0 Å². The molecule has 0 amide bonds. The third kappa shape index (κ3) is 3.69. The Balaban J connectivity index is 2.44. The summed E-state index contributed by atoms with van der Waals surface area (Å²) in [7, 11) is 0. The van der Waals surface area contributed by atoms with Crippen LogP contribution in [0.2, 0.25) is 0 Å². The molecule has 1 aliphatic rings. The number of aryl methyl sites for hydroxylation is 3. The van der Waals surface area contributed by atoms with E-state index in [9.17, 15) is 9.59 Å². The highest BCUT2D eigenvalue weighted by molar-refractivity contribution is 8.02. The Kier molecular flexibility index (Phi) is 4.75. The lowest BCUT2D eigenvalue weighted by Crippen LogP contribution is -2.42. The van der Waals surface area contributed by atoms with E-state index in [0.717, 1.165) is 22.4 Å². The molecule has 0 aromatic heterocycles. The molecule has 0 atom stereocenters. The van der Waals surface area contributed by atoms with Gasteiger partial charge in [-0.15, -0.1) is 11.8 Å². The average Bonchev–Trinajstić information content (AvgIpc) is 2.38. The maximum absolute atomic E-state index is 12.2. The van der Waals surface area contributed by atoms with Gasteiger partial charge in [0.15, 0.2) is 5.57 Å². The van der Waals surface area contributed by atoms with E-state index in [2.05, 4.69) is 5.32 Å². The van der Waals surface area contributed by atoms with Crippen LogP contribution < -0.4 is 5.32 Å². The van der Waals surface area contributed by atoms with Crippen molar-refractivity contribution >= 4 is 29.4 Å². The summed E-state index contributed by atoms with van der Waals surface area (Å²) in [4.78, 5) is 24.4. The monoisotopic (exact) mass is 335 g/mol. The maximum atomic E-state index is 12.2. The highest BCUT2D eigenvalue weighted by Gasteiger charge is 2.41. The fourth-order valence-corrected chi connectivity index (χ4v) is 3.12. The number of carbonyl (C=O) groups excluding carboxylic acids is 2. The molecular weight excluding hydrogens is 314 g/mol. The zero-order valence-corrected chi connectivity index (χ0v) is 15.0. The highest BCUT2D eigenvalue weighted by atomic mass is 32.2. The first kappa shape index (κ1) is 17.4. The van der Waals surface area contributed by atoms with E-state index >= 15 is 0 Å². The average molecular weight is 335 g/mol. The summed E-state index contributed by atoms with van der Waals surface area (Å²) >= 11 is 1.27. The Hall–Kier alpha value is -1.95. The van der Waals surface area contributed by atoms with Crippen molar-refractivity contribution in [3.05, 3.63) is 39.4 Å². The fraction of sp³-hybridized carbons (Fsp3) is 0.412. The van der Waals surface area contributed by atoms with Gasteiger partial charge in [-0.05, 0) is 38.2 Å². The van der Waals surface area contributed by atoms with Gasteiger partial charge in [-0.2, -0.15) is 0 Å². The van der Waals surface area contributed by atoms with Crippen LogP contribution in [0.3, 0.4) is 0 Å². The standard InChI is InChI=1S/C17H21NO4S/c1-9-7-10(2)13(11(3)8-9)18-14(23-6)12-15(19)21-17(4,5)22-16(12)20/h7-8,18H,1-6H3. The van der Waals surface area contributed by atoms with Gasteiger partial charge in [0.25, 0.3) is 5.79 Å². The Morgan fingerprint density at radius 3 is 1.96 bits per heavy atom. The molecule has 1 N–H and O–H groups in total. The van der Waals surface area contributed by atoms with E-state index in [4.69, 9.17) is 9.47 Å². The Morgan fingerprint density at radius 1 is 1.04 bits per heavy atom. The van der Waals surface area contributed by atoms with Gasteiger partial charge in [-0.1, -0.05) is 17.7 Å². The molecule has 124 valence electrons. The molecule has 0 bridgehead atoms. The van der Waals surface area contributed by atoms with Crippen LogP contribution in [0.15, 0.2) is 22.7 Å². The lowest BCUT2D eigenvalue weighted by molar-refractivity contribution is -0.222. The molecule has 6 heteroatoms. The minimum atomic E-state index is -1.24. The van der Waals surface area contributed by atoms with Crippen LogP contribution in [0.25, 0.3) is 0 Å². The van der Waals surface area contributed by atoms with Crippen LogP contribution in [0.4, 0.5) is 5.69 Å². The molecule has 0 saturated carbocycles. The number of thioether (sulfide) groups is 1. The highest BCUT2D eigenvalue weighted by Crippen LogP contribution is 2.31. The number of rotatable bonds is 3. The first-order valence-corrected chi connectivity index (χ1v) is 8.47. The summed E-state index contributed by atoms with van der Waals surface area (Å²) < 4.78 is 10.3. The van der Waals surface area contributed by atoms with Crippen molar-refractivity contribution in [1.82, 2.24) is 0 Å². The van der Waals surface area contributed by atoms with Crippen molar-refractivity contribution in [2.24, 2.45) is 0 Å². The molecule has 0 radical (unpaired) electrons. The summed E-state index contributed by atoms with van der Waals surface area (Å²) in [5.41, 5.74) is 4.00. The third-order valence-electron chi connectivity index (χ3n) is 3.43. The van der Waals surface area contributed by atoms with Gasteiger partial charge in [0.2, 0.25) is 0 Å². The van der Waals surface area contributed by atoms with Gasteiger partial charge in [-0.3, -0.25) is 0 Å². The Morgan fingerprint density at radius 2 is 1.52 bits per heavy atom. The molecule has 1 aromatic carbocycles. The summed E-state index contributed by atoms with van der Waals surface area (Å²) in [6.07, 6.45) is 1.79. The van der Waals surface area contributed by atoms with E-state index in [1.54, 1.807) is 6.26 Å². The molecular formula is C17H21NO4S. The molecule has 1 aliphatic heterocycles. The van der Waals surface area contributed by atoms with Crippen LogP contribution in [0.1, 0.15) is 30.5 Å². The summed E-state index contributed by atoms with van der Waals surface area (Å²) in [6.45, 7) is 9.03. The lowest BCUT2D eigenvalue weighted by atomic mass is 10.1. The summed E-state index contributed by atoms with van der Waals surface area (Å²) in [5.74, 6) is -2.59. The first-order chi connectivity index (χ1) is 10.6. The van der Waals surface area contributed by atoms with E-state index in [1.165, 1.54) is 25.6 Å². The summed E-state index contributed by atoms with van der Waals surface area (Å²) in [6, 6.07) is 4.08. The van der Waals surface area contributed by atoms with Gasteiger partial charge in [-0.25, -0.2) is 9.59 Å². The van der Waals surface area contributed by atoms with Crippen LogP contribution in [0.5, 0.6) is 0 Å². The molecule has 1 saturated heterocycles. The number of ether oxygens (including phenoxy) is 2. The normalized spacial score (nSPS) is 16.7. The Bertz CT molecular complexity index is 662. The largest absolute Gasteiger partial charge is 0.419 e. The van der Waals surface area contributed by atoms with Gasteiger partial charge in [0.1, 0.15) is 0 Å². The van der Waals surface area contributed by atoms with Crippen molar-refractivity contribution in [3.63, 3.8) is 0 Å². The minimum Gasteiger partial charge on any atom is -0.419 e. The van der Waals surface area contributed by atoms with E-state index in [1.807, 2.05) is 32.9 Å². The second kappa shape index (κ2) is 6.28. The third-order valence-corrected chi connectivity index (χ3v) is 4.15. The number of esters is 2. The molecule has 1 fully saturated rings. The number of hydrogen-bond donors (Lipinski definition) is 1. The van der Waals surface area contributed by atoms with Gasteiger partial charge >= 0.3 is 11.9 Å².